The minimum atomic E-state index is -1.53. The molecular formula is C13H9N2O5-. The molecule has 0 atom stereocenters. The lowest BCUT2D eigenvalue weighted by molar-refractivity contribution is -0.306. The van der Waals surface area contributed by atoms with Gasteiger partial charge in [-0.2, -0.15) is 5.10 Å². The highest BCUT2D eigenvalue weighted by atomic mass is 16.4. The number of carboxylic acids is 1. The number of hydrogen-bond donors (Lipinski definition) is 1. The van der Waals surface area contributed by atoms with Gasteiger partial charge in [0, 0.05) is 5.56 Å². The molecule has 0 amide bonds. The molecule has 0 aliphatic carbocycles. The van der Waals surface area contributed by atoms with Crippen LogP contribution in [-0.2, 0) is 11.3 Å². The van der Waals surface area contributed by atoms with Gasteiger partial charge in [-0.3, -0.25) is 9.59 Å². The number of aromatic nitrogens is 2. The monoisotopic (exact) mass is 273 g/mol. The van der Waals surface area contributed by atoms with Crippen molar-refractivity contribution in [2.24, 2.45) is 0 Å². The minimum absolute atomic E-state index is 0.0476. The third-order valence-electron chi connectivity index (χ3n) is 2.61. The Morgan fingerprint density at radius 1 is 1.35 bits per heavy atom. The van der Waals surface area contributed by atoms with Gasteiger partial charge in [-0.1, -0.05) is 30.3 Å². The van der Waals surface area contributed by atoms with E-state index in [1.807, 2.05) is 0 Å². The number of benzene rings is 1. The number of rotatable bonds is 4. The zero-order chi connectivity index (χ0) is 14.7. The van der Waals surface area contributed by atoms with Crippen molar-refractivity contribution in [3.8, 4) is 17.0 Å². The first-order valence-corrected chi connectivity index (χ1v) is 5.59. The second-order valence-corrected chi connectivity index (χ2v) is 3.93. The quantitative estimate of drug-likeness (QED) is 0.728. The van der Waals surface area contributed by atoms with Gasteiger partial charge in [-0.15, -0.1) is 0 Å². The van der Waals surface area contributed by atoms with E-state index >= 15 is 0 Å². The third-order valence-corrected chi connectivity index (χ3v) is 2.61. The Kier molecular flexibility index (Phi) is 3.60. The van der Waals surface area contributed by atoms with E-state index in [-0.39, 0.29) is 12.0 Å². The topological polar surface area (TPSA) is 112 Å². The van der Waals surface area contributed by atoms with E-state index in [4.69, 9.17) is 0 Å². The molecule has 2 aromatic rings. The van der Waals surface area contributed by atoms with Gasteiger partial charge in [0.05, 0.1) is 12.5 Å². The molecule has 0 radical (unpaired) electrons. The van der Waals surface area contributed by atoms with E-state index in [2.05, 4.69) is 5.10 Å². The van der Waals surface area contributed by atoms with Crippen molar-refractivity contribution >= 4 is 12.3 Å². The summed E-state index contributed by atoms with van der Waals surface area (Å²) in [4.78, 5) is 33.3. The summed E-state index contributed by atoms with van der Waals surface area (Å²) in [5.74, 6) is -2.10. The van der Waals surface area contributed by atoms with Crippen LogP contribution in [0.2, 0.25) is 0 Å². The zero-order valence-corrected chi connectivity index (χ0v) is 10.1. The summed E-state index contributed by atoms with van der Waals surface area (Å²) in [7, 11) is 0. The molecule has 0 spiro atoms. The van der Waals surface area contributed by atoms with Gasteiger partial charge in [-0.05, 0) is 0 Å². The van der Waals surface area contributed by atoms with Gasteiger partial charge in [0.15, 0.2) is 12.0 Å². The normalized spacial score (nSPS) is 10.2. The lowest BCUT2D eigenvalue weighted by atomic mass is 10.1. The molecule has 0 aliphatic rings. The molecule has 2 rings (SSSR count). The van der Waals surface area contributed by atoms with E-state index in [1.165, 1.54) is 0 Å². The first kappa shape index (κ1) is 13.5. The fraction of sp³-hybridized carbons (Fsp3) is 0.0769. The molecule has 0 fully saturated rings. The molecule has 0 unspecified atom stereocenters. The summed E-state index contributed by atoms with van der Waals surface area (Å²) in [6.07, 6.45) is 0.164. The molecule has 1 N–H and O–H groups in total. The van der Waals surface area contributed by atoms with Crippen LogP contribution in [-0.4, -0.2) is 27.1 Å². The maximum Gasteiger partial charge on any atom is 0.281 e. The van der Waals surface area contributed by atoms with Gasteiger partial charge in [-0.25, -0.2) is 4.68 Å². The number of aliphatic carboxylic acids is 1. The van der Waals surface area contributed by atoms with Crippen LogP contribution >= 0.6 is 0 Å². The Balaban J connectivity index is 2.72. The maximum atomic E-state index is 11.8. The van der Waals surface area contributed by atoms with E-state index in [0.29, 0.717) is 10.2 Å². The predicted molar refractivity (Wildman–Crippen MR) is 66.0 cm³/mol. The maximum absolute atomic E-state index is 11.8. The van der Waals surface area contributed by atoms with Crippen molar-refractivity contribution in [3.63, 3.8) is 0 Å². The molecule has 1 aromatic heterocycles. The van der Waals surface area contributed by atoms with Crippen molar-refractivity contribution < 1.29 is 19.8 Å². The number of carbonyl (C=O) groups is 2. The van der Waals surface area contributed by atoms with Crippen molar-refractivity contribution in [1.82, 2.24) is 9.78 Å². The molecule has 0 saturated heterocycles. The summed E-state index contributed by atoms with van der Waals surface area (Å²) < 4.78 is 0.571. The summed E-state index contributed by atoms with van der Waals surface area (Å²) in [6, 6.07) is 8.28. The summed E-state index contributed by atoms with van der Waals surface area (Å²) in [6.45, 7) is -0.806. The molecule has 102 valence electrons. The van der Waals surface area contributed by atoms with E-state index in [0.717, 1.165) is 0 Å². The standard InChI is InChI=1S/C13H10N2O5/c16-7-9-12(19)11(8-4-2-1-3-5-8)14-15(13(9)20)6-10(17)18/h1-5,7,19H,6H2,(H,17,18)/p-1. The molecular weight excluding hydrogens is 264 g/mol. The van der Waals surface area contributed by atoms with Crippen LogP contribution in [0.1, 0.15) is 10.4 Å². The van der Waals surface area contributed by atoms with E-state index < -0.39 is 29.4 Å². The number of aromatic hydroxyl groups is 1. The second-order valence-electron chi connectivity index (χ2n) is 3.93. The van der Waals surface area contributed by atoms with Crippen LogP contribution in [0, 0.1) is 0 Å². The van der Waals surface area contributed by atoms with E-state index in [9.17, 15) is 24.6 Å². The van der Waals surface area contributed by atoms with Gasteiger partial charge in [0.2, 0.25) is 0 Å². The number of aldehydes is 1. The summed E-state index contributed by atoms with van der Waals surface area (Å²) in [5, 5.41) is 24.3. The SMILES string of the molecule is O=Cc1c(O)c(-c2ccccc2)nn(CC(=O)[O-])c1=O. The average Bonchev–Trinajstić information content (AvgIpc) is 2.43. The third kappa shape index (κ3) is 2.41. The molecule has 0 aliphatic heterocycles. The fourth-order valence-electron chi connectivity index (χ4n) is 1.71. The Hall–Kier alpha value is -2.96. The summed E-state index contributed by atoms with van der Waals surface area (Å²) in [5.41, 5.74) is -1.13. The first-order chi connectivity index (χ1) is 9.54. The Morgan fingerprint density at radius 3 is 2.55 bits per heavy atom. The van der Waals surface area contributed by atoms with Gasteiger partial charge >= 0.3 is 0 Å². The van der Waals surface area contributed by atoms with Crippen LogP contribution in [0.5, 0.6) is 5.75 Å². The van der Waals surface area contributed by atoms with Crippen molar-refractivity contribution in [3.05, 3.63) is 46.2 Å². The molecule has 20 heavy (non-hydrogen) atoms. The van der Waals surface area contributed by atoms with Gasteiger partial charge < -0.3 is 15.0 Å². The lowest BCUT2D eigenvalue weighted by Crippen LogP contribution is -2.35. The average molecular weight is 273 g/mol. The largest absolute Gasteiger partial charge is 0.548 e. The number of carbonyl (C=O) groups excluding carboxylic acids is 2. The first-order valence-electron chi connectivity index (χ1n) is 5.59. The second kappa shape index (κ2) is 5.35. The van der Waals surface area contributed by atoms with Crippen LogP contribution in [0.25, 0.3) is 11.3 Å². The summed E-state index contributed by atoms with van der Waals surface area (Å²) >= 11 is 0. The highest BCUT2D eigenvalue weighted by molar-refractivity contribution is 5.83. The van der Waals surface area contributed by atoms with Crippen LogP contribution in [0.4, 0.5) is 0 Å². The molecule has 0 saturated carbocycles. The molecule has 0 bridgehead atoms. The predicted octanol–water partition coefficient (Wildman–Crippen LogP) is -0.822. The minimum Gasteiger partial charge on any atom is -0.548 e. The Labute approximate surface area is 112 Å². The van der Waals surface area contributed by atoms with Crippen LogP contribution in [0.15, 0.2) is 35.1 Å². The highest BCUT2D eigenvalue weighted by Crippen LogP contribution is 2.26. The van der Waals surface area contributed by atoms with Crippen LogP contribution < -0.4 is 10.7 Å². The fourth-order valence-corrected chi connectivity index (χ4v) is 1.71. The smallest absolute Gasteiger partial charge is 0.281 e. The van der Waals surface area contributed by atoms with E-state index in [1.54, 1.807) is 30.3 Å². The van der Waals surface area contributed by atoms with Gasteiger partial charge in [0.1, 0.15) is 11.3 Å². The molecule has 1 aromatic carbocycles. The van der Waals surface area contributed by atoms with Crippen molar-refractivity contribution in [1.29, 1.82) is 0 Å². The number of hydrogen-bond acceptors (Lipinski definition) is 6. The van der Waals surface area contributed by atoms with Gasteiger partial charge in [0.25, 0.3) is 5.56 Å². The molecule has 1 heterocycles. The Morgan fingerprint density at radius 2 is 2.00 bits per heavy atom. The van der Waals surface area contributed by atoms with Crippen LogP contribution in [0.3, 0.4) is 0 Å². The molecule has 7 nitrogen and oxygen atoms in total. The zero-order valence-electron chi connectivity index (χ0n) is 10.1. The highest BCUT2D eigenvalue weighted by Gasteiger charge is 2.17. The number of carboxylic acid groups (broad SMARTS) is 1. The number of nitrogens with zero attached hydrogens (tertiary/aromatic N) is 2. The lowest BCUT2D eigenvalue weighted by Gasteiger charge is -2.11. The van der Waals surface area contributed by atoms with Crippen molar-refractivity contribution in [2.45, 2.75) is 6.54 Å². The van der Waals surface area contributed by atoms with Crippen molar-refractivity contribution in [2.75, 3.05) is 0 Å². The molecule has 7 heteroatoms. The Bertz CT molecular complexity index is 722.